The molecular weight excluding hydrogens is 542 g/mol. The van der Waals surface area contributed by atoms with Gasteiger partial charge < -0.3 is 10.1 Å². The molecule has 1 aromatic carbocycles. The van der Waals surface area contributed by atoms with E-state index in [1.54, 1.807) is 18.3 Å². The zero-order chi connectivity index (χ0) is 28.0. The van der Waals surface area contributed by atoms with Crippen LogP contribution >= 0.6 is 22.7 Å². The van der Waals surface area contributed by atoms with Gasteiger partial charge in [-0.1, -0.05) is 30.7 Å². The minimum atomic E-state index is -0.407. The highest BCUT2D eigenvalue weighted by Crippen LogP contribution is 2.40. The van der Waals surface area contributed by atoms with Crippen LogP contribution in [0.5, 0.6) is 0 Å². The quantitative estimate of drug-likeness (QED) is 0.272. The Balaban J connectivity index is 1.41. The first-order valence-corrected chi connectivity index (χ1v) is 15.7. The first kappa shape index (κ1) is 26.9. The van der Waals surface area contributed by atoms with Crippen LogP contribution in [-0.4, -0.2) is 28.0 Å². The fourth-order valence-corrected chi connectivity index (χ4v) is 8.62. The van der Waals surface area contributed by atoms with Crippen LogP contribution < -0.4 is 10.9 Å². The van der Waals surface area contributed by atoms with Crippen molar-refractivity contribution in [2.24, 2.45) is 5.92 Å². The summed E-state index contributed by atoms with van der Waals surface area (Å²) in [6.45, 7) is 6.05. The predicted molar refractivity (Wildman–Crippen MR) is 161 cm³/mol. The fourth-order valence-electron chi connectivity index (χ4n) is 5.96. The molecule has 3 aromatic heterocycles. The van der Waals surface area contributed by atoms with Crippen molar-refractivity contribution in [3.63, 3.8) is 0 Å². The lowest BCUT2D eigenvalue weighted by Crippen LogP contribution is -2.30. The van der Waals surface area contributed by atoms with E-state index in [2.05, 4.69) is 12.2 Å². The summed E-state index contributed by atoms with van der Waals surface area (Å²) in [6.07, 6.45) is 6.67. The van der Waals surface area contributed by atoms with Gasteiger partial charge in [0.1, 0.15) is 22.2 Å². The van der Waals surface area contributed by atoms with Crippen molar-refractivity contribution in [3.05, 3.63) is 66.6 Å². The summed E-state index contributed by atoms with van der Waals surface area (Å²) in [7, 11) is 0. The second kappa shape index (κ2) is 10.9. The second-order valence-corrected chi connectivity index (χ2v) is 13.1. The minimum absolute atomic E-state index is 0.180. The summed E-state index contributed by atoms with van der Waals surface area (Å²) in [4.78, 5) is 48.7. The monoisotopic (exact) mass is 575 g/mol. The Morgan fingerprint density at radius 3 is 2.75 bits per heavy atom. The van der Waals surface area contributed by atoms with Crippen molar-refractivity contribution in [3.8, 4) is 11.4 Å². The minimum Gasteiger partial charge on any atom is -0.462 e. The van der Waals surface area contributed by atoms with E-state index in [4.69, 9.17) is 9.72 Å². The van der Waals surface area contributed by atoms with Crippen molar-refractivity contribution in [2.75, 3.05) is 11.9 Å². The van der Waals surface area contributed by atoms with Gasteiger partial charge in [-0.05, 0) is 81.9 Å². The van der Waals surface area contributed by atoms with E-state index in [9.17, 15) is 14.4 Å². The zero-order valence-corrected chi connectivity index (χ0v) is 24.7. The molecule has 208 valence electrons. The van der Waals surface area contributed by atoms with Crippen LogP contribution in [0.3, 0.4) is 0 Å². The van der Waals surface area contributed by atoms with Crippen LogP contribution in [0.4, 0.5) is 5.00 Å². The van der Waals surface area contributed by atoms with Gasteiger partial charge in [-0.2, -0.15) is 0 Å². The van der Waals surface area contributed by atoms with Gasteiger partial charge in [0.25, 0.3) is 5.56 Å². The van der Waals surface area contributed by atoms with E-state index in [0.29, 0.717) is 27.7 Å². The number of nitrogens with zero attached hydrogens (tertiary/aromatic N) is 2. The Labute approximate surface area is 241 Å². The molecule has 3 heterocycles. The molecule has 7 nitrogen and oxygen atoms in total. The SMILES string of the molecule is CCOC(=O)c1c(NC(=O)Cn2c(-c3cccc(C)c3)nc3sc4c(c3c2=O)CCCC4)sc2c1CCC(C)C2. The second-order valence-electron chi connectivity index (χ2n) is 10.9. The molecule has 2 aliphatic carbocycles. The summed E-state index contributed by atoms with van der Waals surface area (Å²) < 4.78 is 6.88. The highest BCUT2D eigenvalue weighted by atomic mass is 32.1. The fraction of sp³-hybridized carbons (Fsp3) is 0.419. The zero-order valence-electron chi connectivity index (χ0n) is 23.1. The number of amides is 1. The van der Waals surface area contributed by atoms with Crippen LogP contribution in [0.2, 0.25) is 0 Å². The number of aromatic nitrogens is 2. The van der Waals surface area contributed by atoms with Gasteiger partial charge >= 0.3 is 5.97 Å². The van der Waals surface area contributed by atoms with Gasteiger partial charge in [0.15, 0.2) is 0 Å². The van der Waals surface area contributed by atoms with Gasteiger partial charge in [0.05, 0.1) is 17.6 Å². The third-order valence-electron chi connectivity index (χ3n) is 7.90. The largest absolute Gasteiger partial charge is 0.462 e. The van der Waals surface area contributed by atoms with Gasteiger partial charge in [0.2, 0.25) is 5.91 Å². The molecular formula is C31H33N3O4S2. The Kier molecular flexibility index (Phi) is 7.35. The van der Waals surface area contributed by atoms with E-state index in [0.717, 1.165) is 76.9 Å². The lowest BCUT2D eigenvalue weighted by atomic mass is 9.88. The van der Waals surface area contributed by atoms with E-state index in [1.165, 1.54) is 20.8 Å². The first-order chi connectivity index (χ1) is 19.3. The molecule has 2 aliphatic rings. The highest BCUT2D eigenvalue weighted by Gasteiger charge is 2.30. The topological polar surface area (TPSA) is 90.3 Å². The number of ether oxygens (including phenoxy) is 1. The highest BCUT2D eigenvalue weighted by molar-refractivity contribution is 7.18. The van der Waals surface area contributed by atoms with E-state index in [-0.39, 0.29) is 24.6 Å². The summed E-state index contributed by atoms with van der Waals surface area (Å²) in [6, 6.07) is 7.85. The van der Waals surface area contributed by atoms with Crippen LogP contribution in [-0.2, 0) is 41.8 Å². The van der Waals surface area contributed by atoms with Crippen LogP contribution in [0.25, 0.3) is 21.6 Å². The molecule has 1 N–H and O–H groups in total. The summed E-state index contributed by atoms with van der Waals surface area (Å²) in [5, 5.41) is 4.14. The number of hydrogen-bond acceptors (Lipinski definition) is 7. The average Bonchev–Trinajstić information content (AvgIpc) is 3.47. The molecule has 6 rings (SSSR count). The Hall–Kier alpha value is -3.30. The normalized spacial score (nSPS) is 16.4. The van der Waals surface area contributed by atoms with Gasteiger partial charge in [-0.3, -0.25) is 14.2 Å². The molecule has 0 saturated carbocycles. The number of carbonyl (C=O) groups excluding carboxylic acids is 2. The van der Waals surface area contributed by atoms with Gasteiger partial charge in [-0.25, -0.2) is 9.78 Å². The lowest BCUT2D eigenvalue weighted by Gasteiger charge is -2.18. The first-order valence-electron chi connectivity index (χ1n) is 14.1. The molecule has 1 atom stereocenters. The van der Waals surface area contributed by atoms with Gasteiger partial charge in [0, 0.05) is 15.3 Å². The van der Waals surface area contributed by atoms with Crippen molar-refractivity contribution >= 4 is 49.8 Å². The van der Waals surface area contributed by atoms with Crippen LogP contribution in [0.1, 0.15) is 69.9 Å². The number of thiophene rings is 2. The number of esters is 1. The molecule has 4 aromatic rings. The molecule has 9 heteroatoms. The molecule has 40 heavy (non-hydrogen) atoms. The number of hydrogen-bond donors (Lipinski definition) is 1. The van der Waals surface area contributed by atoms with Gasteiger partial charge in [-0.15, -0.1) is 22.7 Å². The maximum absolute atomic E-state index is 14.1. The summed E-state index contributed by atoms with van der Waals surface area (Å²) in [5.41, 5.74) is 4.22. The number of benzene rings is 1. The smallest absolute Gasteiger partial charge is 0.341 e. The number of rotatable bonds is 6. The third kappa shape index (κ3) is 4.90. The molecule has 0 saturated heterocycles. The number of fused-ring (bicyclic) bond motifs is 4. The number of nitrogens with one attached hydrogen (secondary N) is 1. The number of carbonyl (C=O) groups is 2. The maximum Gasteiger partial charge on any atom is 0.341 e. The number of aryl methyl sites for hydroxylation is 3. The molecule has 1 unspecified atom stereocenters. The Morgan fingerprint density at radius 2 is 1.95 bits per heavy atom. The third-order valence-corrected chi connectivity index (χ3v) is 10.3. The average molecular weight is 576 g/mol. The van der Waals surface area contributed by atoms with Crippen molar-refractivity contribution < 1.29 is 14.3 Å². The summed E-state index contributed by atoms with van der Waals surface area (Å²) in [5.74, 6) is 0.239. The predicted octanol–water partition coefficient (Wildman–Crippen LogP) is 6.31. The van der Waals surface area contributed by atoms with Crippen molar-refractivity contribution in [2.45, 2.75) is 72.3 Å². The molecule has 1 amide bonds. The van der Waals surface area contributed by atoms with E-state index >= 15 is 0 Å². The molecule has 0 fully saturated rings. The summed E-state index contributed by atoms with van der Waals surface area (Å²) >= 11 is 3.06. The molecule has 0 bridgehead atoms. The number of anilines is 1. The Morgan fingerprint density at radius 1 is 1.12 bits per heavy atom. The van der Waals surface area contributed by atoms with Crippen LogP contribution in [0, 0.1) is 12.8 Å². The van der Waals surface area contributed by atoms with Crippen molar-refractivity contribution in [1.29, 1.82) is 0 Å². The molecule has 0 aliphatic heterocycles. The maximum atomic E-state index is 14.1. The van der Waals surface area contributed by atoms with Crippen molar-refractivity contribution in [1.82, 2.24) is 9.55 Å². The molecule has 0 spiro atoms. The van der Waals surface area contributed by atoms with E-state index in [1.807, 2.05) is 31.2 Å². The molecule has 0 radical (unpaired) electrons. The Bertz CT molecular complexity index is 1700. The standard InChI is InChI=1S/C31H33N3O4S2/c1-4-38-31(37)26-21-13-12-18(3)15-23(21)40-29(26)32-24(35)16-34-27(19-9-7-8-17(2)14-19)33-28-25(30(34)36)20-10-5-6-11-22(20)39-28/h7-9,14,18H,4-6,10-13,15-16H2,1-3H3,(H,32,35). The van der Waals surface area contributed by atoms with E-state index < -0.39 is 5.97 Å². The van der Waals surface area contributed by atoms with Crippen LogP contribution in [0.15, 0.2) is 29.1 Å². The lowest BCUT2D eigenvalue weighted by molar-refractivity contribution is -0.116.